The van der Waals surface area contributed by atoms with E-state index in [1.807, 2.05) is 18.2 Å². The quantitative estimate of drug-likeness (QED) is 0.850. The average Bonchev–Trinajstić information content (AvgIpc) is 2.61. The number of carbonyl (C=O) groups is 1. The highest BCUT2D eigenvalue weighted by molar-refractivity contribution is 6.02. The molecule has 0 spiro atoms. The molecule has 0 fully saturated rings. The summed E-state index contributed by atoms with van der Waals surface area (Å²) in [4.78, 5) is 14.2. The summed E-state index contributed by atoms with van der Waals surface area (Å²) in [6, 6.07) is 12.4. The van der Waals surface area contributed by atoms with Crippen molar-refractivity contribution in [2.24, 2.45) is 0 Å². The summed E-state index contributed by atoms with van der Waals surface area (Å²) in [7, 11) is 1.72. The van der Waals surface area contributed by atoms with Gasteiger partial charge in [-0.05, 0) is 46.9 Å². The fourth-order valence-electron chi connectivity index (χ4n) is 2.85. The normalized spacial score (nSPS) is 13.1. The molecule has 1 aliphatic heterocycles. The van der Waals surface area contributed by atoms with E-state index in [4.69, 9.17) is 5.26 Å². The molecule has 2 aromatic carbocycles. The van der Waals surface area contributed by atoms with Crippen LogP contribution < -0.4 is 0 Å². The van der Waals surface area contributed by atoms with E-state index in [0.717, 1.165) is 22.3 Å². The molecule has 3 rings (SSSR count). The van der Waals surface area contributed by atoms with E-state index in [2.05, 4.69) is 6.07 Å². The summed E-state index contributed by atoms with van der Waals surface area (Å²) in [5.74, 6) is -0.376. The first-order chi connectivity index (χ1) is 10.6. The molecule has 0 radical (unpaired) electrons. The van der Waals surface area contributed by atoms with Crippen molar-refractivity contribution in [1.29, 1.82) is 5.26 Å². The average molecular weight is 294 g/mol. The zero-order valence-electron chi connectivity index (χ0n) is 12.3. The van der Waals surface area contributed by atoms with Gasteiger partial charge < -0.3 is 4.90 Å². The highest BCUT2D eigenvalue weighted by atomic mass is 19.1. The number of hydrogen-bond donors (Lipinski definition) is 0. The van der Waals surface area contributed by atoms with Crippen molar-refractivity contribution < 1.29 is 9.18 Å². The van der Waals surface area contributed by atoms with Crippen LogP contribution in [-0.2, 0) is 13.0 Å². The van der Waals surface area contributed by atoms with Crippen molar-refractivity contribution in [2.75, 3.05) is 7.05 Å². The Morgan fingerprint density at radius 3 is 2.73 bits per heavy atom. The Hall–Kier alpha value is -2.67. The van der Waals surface area contributed by atoms with Crippen LogP contribution in [0.4, 0.5) is 4.39 Å². The molecular weight excluding hydrogens is 279 g/mol. The summed E-state index contributed by atoms with van der Waals surface area (Å²) in [5, 5.41) is 8.70. The number of rotatable bonds is 2. The van der Waals surface area contributed by atoms with Crippen LogP contribution in [-0.4, -0.2) is 17.9 Å². The lowest BCUT2D eigenvalue weighted by Gasteiger charge is -2.15. The van der Waals surface area contributed by atoms with Gasteiger partial charge in [-0.15, -0.1) is 0 Å². The first-order valence-corrected chi connectivity index (χ1v) is 7.14. The van der Waals surface area contributed by atoms with Gasteiger partial charge in [-0.25, -0.2) is 4.39 Å². The maximum Gasteiger partial charge on any atom is 0.254 e. The molecule has 0 unspecified atom stereocenters. The van der Waals surface area contributed by atoms with Crippen LogP contribution in [0, 0.1) is 17.1 Å². The van der Waals surface area contributed by atoms with Gasteiger partial charge in [0.25, 0.3) is 5.91 Å². The van der Waals surface area contributed by atoms with Crippen molar-refractivity contribution in [2.45, 2.75) is 19.4 Å². The first kappa shape index (κ1) is 14.3. The summed E-state index contributed by atoms with van der Waals surface area (Å²) in [6.45, 7) is 0.383. The lowest BCUT2D eigenvalue weighted by atomic mass is 9.94. The lowest BCUT2D eigenvalue weighted by molar-refractivity contribution is 0.0788. The van der Waals surface area contributed by atoms with Crippen LogP contribution in [0.25, 0.3) is 11.1 Å². The number of benzene rings is 2. The first-order valence-electron chi connectivity index (χ1n) is 7.14. The highest BCUT2D eigenvalue weighted by Crippen LogP contribution is 2.33. The van der Waals surface area contributed by atoms with Gasteiger partial charge in [-0.3, -0.25) is 4.79 Å². The fraction of sp³-hybridized carbons (Fsp3) is 0.222. The third kappa shape index (κ3) is 2.46. The van der Waals surface area contributed by atoms with Gasteiger partial charge in [-0.1, -0.05) is 18.2 Å². The minimum absolute atomic E-state index is 0.0783. The number of aryl methyl sites for hydroxylation is 1. The van der Waals surface area contributed by atoms with E-state index < -0.39 is 0 Å². The third-order valence-electron chi connectivity index (χ3n) is 3.95. The number of fused-ring (bicyclic) bond motifs is 3. The molecule has 3 nitrogen and oxygen atoms in total. The number of hydrogen-bond acceptors (Lipinski definition) is 2. The van der Waals surface area contributed by atoms with Crippen molar-refractivity contribution in [3.05, 3.63) is 58.9 Å². The largest absolute Gasteiger partial charge is 0.337 e. The van der Waals surface area contributed by atoms with E-state index >= 15 is 0 Å². The van der Waals surface area contributed by atoms with E-state index in [9.17, 15) is 9.18 Å². The molecule has 0 N–H and O–H groups in total. The minimum Gasteiger partial charge on any atom is -0.337 e. The Morgan fingerprint density at radius 2 is 1.95 bits per heavy atom. The second-order valence-electron chi connectivity index (χ2n) is 5.50. The highest BCUT2D eigenvalue weighted by Gasteiger charge is 2.24. The second kappa shape index (κ2) is 5.61. The molecule has 0 aliphatic carbocycles. The van der Waals surface area contributed by atoms with Crippen LogP contribution in [0.15, 0.2) is 36.4 Å². The molecule has 1 heterocycles. The zero-order valence-corrected chi connectivity index (χ0v) is 12.3. The van der Waals surface area contributed by atoms with Crippen molar-refractivity contribution >= 4 is 5.91 Å². The van der Waals surface area contributed by atoms with E-state index in [0.29, 0.717) is 24.9 Å². The molecule has 2 aromatic rings. The minimum atomic E-state index is -0.298. The summed E-state index contributed by atoms with van der Waals surface area (Å²) in [6.07, 6.45) is 1.04. The number of nitrogens with zero attached hydrogens (tertiary/aromatic N) is 2. The van der Waals surface area contributed by atoms with Gasteiger partial charge in [0.05, 0.1) is 6.07 Å². The van der Waals surface area contributed by atoms with Gasteiger partial charge in [0, 0.05) is 25.6 Å². The fourth-order valence-corrected chi connectivity index (χ4v) is 2.85. The molecule has 0 saturated heterocycles. The van der Waals surface area contributed by atoms with Gasteiger partial charge in [0.15, 0.2) is 0 Å². The van der Waals surface area contributed by atoms with Crippen molar-refractivity contribution in [3.8, 4) is 17.2 Å². The Balaban J connectivity index is 2.16. The molecule has 4 heteroatoms. The molecule has 0 saturated carbocycles. The number of amides is 1. The summed E-state index contributed by atoms with van der Waals surface area (Å²) in [5.41, 5.74) is 4.10. The molecule has 1 amide bonds. The number of nitriles is 1. The molecule has 1 aliphatic rings. The van der Waals surface area contributed by atoms with Crippen molar-refractivity contribution in [1.82, 2.24) is 4.90 Å². The van der Waals surface area contributed by atoms with Crippen LogP contribution >= 0.6 is 0 Å². The standard InChI is InChI=1S/C18H15FN2O/c1-21-11-13-10-14(19)5-7-15(13)16-6-4-12(3-2-8-20)9-17(16)18(21)22/h4-7,9-10H,2-3,11H2,1H3. The van der Waals surface area contributed by atoms with Crippen LogP contribution in [0.2, 0.25) is 0 Å². The Kier molecular flexibility index (Phi) is 3.64. The van der Waals surface area contributed by atoms with Crippen molar-refractivity contribution in [3.63, 3.8) is 0 Å². The zero-order chi connectivity index (χ0) is 15.7. The molecular formula is C18H15FN2O. The summed E-state index contributed by atoms with van der Waals surface area (Å²) < 4.78 is 13.5. The predicted octanol–water partition coefficient (Wildman–Crippen LogP) is 3.53. The molecule has 0 atom stereocenters. The van der Waals surface area contributed by atoms with Crippen LogP contribution in [0.1, 0.15) is 27.9 Å². The van der Waals surface area contributed by atoms with Gasteiger partial charge in [-0.2, -0.15) is 5.26 Å². The topological polar surface area (TPSA) is 44.1 Å². The SMILES string of the molecule is CN1Cc2cc(F)ccc2-c2ccc(CCC#N)cc2C1=O. The molecule has 110 valence electrons. The summed E-state index contributed by atoms with van der Waals surface area (Å²) >= 11 is 0. The van der Waals surface area contributed by atoms with Gasteiger partial charge >= 0.3 is 0 Å². The number of carbonyl (C=O) groups excluding carboxylic acids is 1. The Bertz CT molecular complexity index is 792. The van der Waals surface area contributed by atoms with Gasteiger partial charge in [0.2, 0.25) is 0 Å². The Morgan fingerprint density at radius 1 is 1.18 bits per heavy atom. The molecule has 0 aromatic heterocycles. The third-order valence-corrected chi connectivity index (χ3v) is 3.95. The van der Waals surface area contributed by atoms with E-state index in [1.165, 1.54) is 12.1 Å². The molecule has 22 heavy (non-hydrogen) atoms. The monoisotopic (exact) mass is 294 g/mol. The van der Waals surface area contributed by atoms with E-state index in [1.54, 1.807) is 18.0 Å². The predicted molar refractivity (Wildman–Crippen MR) is 81.6 cm³/mol. The second-order valence-corrected chi connectivity index (χ2v) is 5.50. The van der Waals surface area contributed by atoms with E-state index in [-0.39, 0.29) is 11.7 Å². The molecule has 0 bridgehead atoms. The van der Waals surface area contributed by atoms with Crippen LogP contribution in [0.5, 0.6) is 0 Å². The lowest BCUT2D eigenvalue weighted by Crippen LogP contribution is -2.25. The van der Waals surface area contributed by atoms with Crippen LogP contribution in [0.3, 0.4) is 0 Å². The van der Waals surface area contributed by atoms with Gasteiger partial charge in [0.1, 0.15) is 5.82 Å². The maximum absolute atomic E-state index is 13.5. The maximum atomic E-state index is 13.5. The Labute approximate surface area is 128 Å². The number of halogens is 1. The smallest absolute Gasteiger partial charge is 0.254 e.